The molecule has 2 atom stereocenters. The van der Waals surface area contributed by atoms with Crippen LogP contribution in [0.5, 0.6) is 0 Å². The predicted octanol–water partition coefficient (Wildman–Crippen LogP) is 1.59. The maximum absolute atomic E-state index is 12.2. The molecule has 0 aromatic heterocycles. The van der Waals surface area contributed by atoms with Gasteiger partial charge in [-0.3, -0.25) is 0 Å². The number of aliphatic carboxylic acids is 1. The number of nitrogens with zero attached hydrogens (tertiary/aromatic N) is 1. The molecule has 2 fully saturated rings. The maximum atomic E-state index is 12.2. The number of ether oxygens (including phenoxy) is 1. The minimum atomic E-state index is -0.902. The molecule has 0 aliphatic carbocycles. The van der Waals surface area contributed by atoms with Gasteiger partial charge >= 0.3 is 12.0 Å². The van der Waals surface area contributed by atoms with Crippen molar-refractivity contribution in [3.05, 3.63) is 0 Å². The van der Waals surface area contributed by atoms with Gasteiger partial charge in [0, 0.05) is 19.7 Å². The van der Waals surface area contributed by atoms with Crippen LogP contribution in [-0.2, 0) is 9.53 Å². The molecule has 2 saturated heterocycles. The molecule has 2 aliphatic rings. The van der Waals surface area contributed by atoms with Crippen molar-refractivity contribution in [2.24, 2.45) is 0 Å². The zero-order valence-corrected chi connectivity index (χ0v) is 11.8. The highest BCUT2D eigenvalue weighted by Crippen LogP contribution is 2.18. The third-order valence-corrected chi connectivity index (χ3v) is 4.07. The van der Waals surface area contributed by atoms with E-state index >= 15 is 0 Å². The Bertz CT molecular complexity index is 342. The van der Waals surface area contributed by atoms with Gasteiger partial charge in [0.15, 0.2) is 0 Å². The molecule has 2 heterocycles. The van der Waals surface area contributed by atoms with Crippen LogP contribution in [0, 0.1) is 0 Å². The largest absolute Gasteiger partial charge is 0.480 e. The van der Waals surface area contributed by atoms with E-state index in [-0.39, 0.29) is 12.1 Å². The Labute approximate surface area is 119 Å². The fourth-order valence-electron chi connectivity index (χ4n) is 2.92. The zero-order valence-electron chi connectivity index (χ0n) is 11.8. The number of likely N-dealkylation sites (tertiary alicyclic amines) is 1. The van der Waals surface area contributed by atoms with Gasteiger partial charge in [0.1, 0.15) is 6.04 Å². The van der Waals surface area contributed by atoms with Gasteiger partial charge in [0.2, 0.25) is 0 Å². The van der Waals surface area contributed by atoms with Crippen LogP contribution in [-0.4, -0.2) is 53.8 Å². The van der Waals surface area contributed by atoms with Gasteiger partial charge in [-0.1, -0.05) is 12.8 Å². The first-order valence-electron chi connectivity index (χ1n) is 7.57. The molecule has 0 saturated carbocycles. The lowest BCUT2D eigenvalue weighted by atomic mass is 10.1. The van der Waals surface area contributed by atoms with Crippen LogP contribution in [0.15, 0.2) is 0 Å². The Kier molecular flexibility index (Phi) is 5.64. The number of urea groups is 1. The van der Waals surface area contributed by atoms with Gasteiger partial charge in [-0.15, -0.1) is 0 Å². The van der Waals surface area contributed by atoms with Crippen LogP contribution in [0.4, 0.5) is 4.79 Å². The fourth-order valence-corrected chi connectivity index (χ4v) is 2.92. The van der Waals surface area contributed by atoms with Gasteiger partial charge in [-0.25, -0.2) is 9.59 Å². The Balaban J connectivity index is 1.80. The minimum absolute atomic E-state index is 0.245. The van der Waals surface area contributed by atoms with Crippen molar-refractivity contribution < 1.29 is 19.4 Å². The number of carbonyl (C=O) groups is 2. The Morgan fingerprint density at radius 2 is 2.05 bits per heavy atom. The SMILES string of the molecule is O=C(O)C1CCCCCN1C(=O)NCCC1CCCO1. The van der Waals surface area contributed by atoms with Crippen molar-refractivity contribution in [3.8, 4) is 0 Å². The van der Waals surface area contributed by atoms with Gasteiger partial charge in [-0.05, 0) is 32.1 Å². The average Bonchev–Trinajstić information content (AvgIpc) is 2.80. The molecule has 20 heavy (non-hydrogen) atoms. The van der Waals surface area contributed by atoms with E-state index < -0.39 is 12.0 Å². The first-order valence-corrected chi connectivity index (χ1v) is 7.57. The van der Waals surface area contributed by atoms with Gasteiger partial charge in [0.25, 0.3) is 0 Å². The van der Waals surface area contributed by atoms with Crippen LogP contribution in [0.3, 0.4) is 0 Å². The van der Waals surface area contributed by atoms with Gasteiger partial charge in [0.05, 0.1) is 6.10 Å². The monoisotopic (exact) mass is 284 g/mol. The molecule has 2 amide bonds. The fraction of sp³-hybridized carbons (Fsp3) is 0.857. The van der Waals surface area contributed by atoms with Gasteiger partial charge in [-0.2, -0.15) is 0 Å². The summed E-state index contributed by atoms with van der Waals surface area (Å²) in [5, 5.41) is 12.1. The quantitative estimate of drug-likeness (QED) is 0.821. The number of carboxylic acid groups (broad SMARTS) is 1. The molecule has 0 aromatic carbocycles. The first kappa shape index (κ1) is 15.1. The van der Waals surface area contributed by atoms with E-state index in [9.17, 15) is 14.7 Å². The highest BCUT2D eigenvalue weighted by molar-refractivity contribution is 5.82. The van der Waals surface area contributed by atoms with Crippen LogP contribution in [0.1, 0.15) is 44.9 Å². The molecule has 2 rings (SSSR count). The number of carboxylic acids is 1. The number of hydrogen-bond acceptors (Lipinski definition) is 3. The smallest absolute Gasteiger partial charge is 0.326 e. The van der Waals surface area contributed by atoms with Gasteiger partial charge < -0.3 is 20.1 Å². The third-order valence-electron chi connectivity index (χ3n) is 4.07. The summed E-state index contributed by atoms with van der Waals surface area (Å²) in [6, 6.07) is -0.933. The van der Waals surface area contributed by atoms with Crippen molar-refractivity contribution in [1.29, 1.82) is 0 Å². The highest BCUT2D eigenvalue weighted by atomic mass is 16.5. The summed E-state index contributed by atoms with van der Waals surface area (Å²) in [5.41, 5.74) is 0. The topological polar surface area (TPSA) is 78.9 Å². The maximum Gasteiger partial charge on any atom is 0.326 e. The summed E-state index contributed by atoms with van der Waals surface area (Å²) in [6.07, 6.45) is 6.48. The van der Waals surface area contributed by atoms with Crippen molar-refractivity contribution in [1.82, 2.24) is 10.2 Å². The number of amides is 2. The number of rotatable bonds is 4. The Hall–Kier alpha value is -1.30. The standard InChI is InChI=1S/C14H24N2O4/c17-13(18)12-6-2-1-3-9-16(12)14(19)15-8-7-11-5-4-10-20-11/h11-12H,1-10H2,(H,15,19)(H,17,18). The van der Waals surface area contributed by atoms with E-state index in [1.54, 1.807) is 0 Å². The van der Waals surface area contributed by atoms with Crippen LogP contribution < -0.4 is 5.32 Å². The highest BCUT2D eigenvalue weighted by Gasteiger charge is 2.30. The molecule has 0 aromatic rings. The summed E-state index contributed by atoms with van der Waals surface area (Å²) >= 11 is 0. The molecule has 0 radical (unpaired) electrons. The van der Waals surface area contributed by atoms with Crippen LogP contribution >= 0.6 is 0 Å². The predicted molar refractivity (Wildman–Crippen MR) is 73.6 cm³/mol. The van der Waals surface area contributed by atoms with E-state index in [0.717, 1.165) is 45.1 Å². The second kappa shape index (κ2) is 7.47. The minimum Gasteiger partial charge on any atom is -0.480 e. The molecular formula is C14H24N2O4. The molecule has 0 spiro atoms. The van der Waals surface area contributed by atoms with E-state index in [1.807, 2.05) is 0 Å². The summed E-state index contributed by atoms with van der Waals surface area (Å²) in [4.78, 5) is 24.9. The average molecular weight is 284 g/mol. The summed E-state index contributed by atoms with van der Waals surface area (Å²) in [7, 11) is 0. The Morgan fingerprint density at radius 1 is 1.20 bits per heavy atom. The lowest BCUT2D eigenvalue weighted by molar-refractivity contribution is -0.142. The lowest BCUT2D eigenvalue weighted by Gasteiger charge is -2.27. The molecule has 2 unspecified atom stereocenters. The summed E-state index contributed by atoms with van der Waals surface area (Å²) < 4.78 is 5.50. The summed E-state index contributed by atoms with van der Waals surface area (Å²) in [6.45, 7) is 1.89. The second-order valence-electron chi connectivity index (χ2n) is 5.55. The van der Waals surface area contributed by atoms with Crippen molar-refractivity contribution in [2.45, 2.75) is 57.1 Å². The molecule has 6 nitrogen and oxygen atoms in total. The van der Waals surface area contributed by atoms with E-state index in [2.05, 4.69) is 5.32 Å². The number of carbonyl (C=O) groups excluding carboxylic acids is 1. The second-order valence-corrected chi connectivity index (χ2v) is 5.55. The number of nitrogens with one attached hydrogen (secondary N) is 1. The molecule has 114 valence electrons. The first-order chi connectivity index (χ1) is 9.68. The van der Waals surface area contributed by atoms with E-state index in [0.29, 0.717) is 19.5 Å². The number of hydrogen-bond donors (Lipinski definition) is 2. The Morgan fingerprint density at radius 3 is 2.75 bits per heavy atom. The third kappa shape index (κ3) is 4.10. The summed E-state index contributed by atoms with van der Waals surface area (Å²) in [5.74, 6) is -0.902. The van der Waals surface area contributed by atoms with E-state index in [1.165, 1.54) is 4.90 Å². The molecule has 6 heteroatoms. The molecular weight excluding hydrogens is 260 g/mol. The van der Waals surface area contributed by atoms with Crippen molar-refractivity contribution in [3.63, 3.8) is 0 Å². The van der Waals surface area contributed by atoms with Crippen LogP contribution in [0.25, 0.3) is 0 Å². The zero-order chi connectivity index (χ0) is 14.4. The van der Waals surface area contributed by atoms with Crippen molar-refractivity contribution in [2.75, 3.05) is 19.7 Å². The molecule has 2 N–H and O–H groups in total. The normalized spacial score (nSPS) is 27.1. The van der Waals surface area contributed by atoms with E-state index in [4.69, 9.17) is 4.74 Å². The molecule has 0 bridgehead atoms. The lowest BCUT2D eigenvalue weighted by Crippen LogP contribution is -2.49. The van der Waals surface area contributed by atoms with Crippen LogP contribution in [0.2, 0.25) is 0 Å². The molecule has 2 aliphatic heterocycles. The van der Waals surface area contributed by atoms with Crippen molar-refractivity contribution >= 4 is 12.0 Å².